The van der Waals surface area contributed by atoms with Crippen LogP contribution in [-0.2, 0) is 6.54 Å². The first-order valence-corrected chi connectivity index (χ1v) is 8.52. The maximum atomic E-state index is 6.25. The van der Waals surface area contributed by atoms with Crippen molar-refractivity contribution in [3.8, 4) is 5.75 Å². The van der Waals surface area contributed by atoms with E-state index in [1.807, 2.05) is 0 Å². The Morgan fingerprint density at radius 3 is 3.00 bits per heavy atom. The third-order valence-electron chi connectivity index (χ3n) is 4.34. The lowest BCUT2D eigenvalue weighted by molar-refractivity contribution is 0.117. The molecule has 1 unspecified atom stereocenters. The van der Waals surface area contributed by atoms with E-state index in [0.29, 0.717) is 0 Å². The first-order valence-electron chi connectivity index (χ1n) is 7.37. The Balaban J connectivity index is 1.60. The van der Waals surface area contributed by atoms with Crippen molar-refractivity contribution in [3.05, 3.63) is 30.0 Å². The third kappa shape index (κ3) is 2.11. The second kappa shape index (κ2) is 5.01. The van der Waals surface area contributed by atoms with Gasteiger partial charge in [0.1, 0.15) is 11.9 Å². The van der Waals surface area contributed by atoms with Gasteiger partial charge in [0.2, 0.25) is 0 Å². The van der Waals surface area contributed by atoms with Gasteiger partial charge >= 0.3 is 0 Å². The fraction of sp³-hybridized carbons (Fsp3) is 0.500. The summed E-state index contributed by atoms with van der Waals surface area (Å²) in [6.07, 6.45) is 0.280. The van der Waals surface area contributed by atoms with Crippen LogP contribution in [-0.4, -0.2) is 46.7 Å². The number of rotatable bonds is 2. The molecule has 0 N–H and O–H groups in total. The van der Waals surface area contributed by atoms with E-state index in [-0.39, 0.29) is 6.10 Å². The van der Waals surface area contributed by atoms with E-state index in [0.717, 1.165) is 18.8 Å². The van der Waals surface area contributed by atoms with Crippen molar-refractivity contribution in [3.63, 3.8) is 0 Å². The van der Waals surface area contributed by atoms with Crippen molar-refractivity contribution < 1.29 is 4.74 Å². The lowest BCUT2D eigenvalue weighted by Gasteiger charge is -2.33. The predicted molar refractivity (Wildman–Crippen MR) is 84.9 cm³/mol. The summed E-state index contributed by atoms with van der Waals surface area (Å²) in [5.41, 5.74) is 2.62. The summed E-state index contributed by atoms with van der Waals surface area (Å²) in [4.78, 5) is 2.55. The minimum absolute atomic E-state index is 0.280. The molecular weight excluding hydrogens is 268 g/mol. The number of nitrogens with zero attached hydrogens (tertiary/aromatic N) is 2. The van der Waals surface area contributed by atoms with Gasteiger partial charge in [-0.1, -0.05) is 12.1 Å². The van der Waals surface area contributed by atoms with Crippen LogP contribution in [0, 0.1) is 6.92 Å². The molecule has 2 aliphatic rings. The number of hydrogen-bond acceptors (Lipinski definition) is 3. The first-order chi connectivity index (χ1) is 9.81. The molecule has 3 heterocycles. The van der Waals surface area contributed by atoms with Crippen LogP contribution in [0.15, 0.2) is 24.3 Å². The Hall–Kier alpha value is -1.13. The molecule has 1 aromatic carbocycles. The summed E-state index contributed by atoms with van der Waals surface area (Å²) in [7, 11) is 0. The summed E-state index contributed by atoms with van der Waals surface area (Å²) in [6, 6.07) is 8.65. The topological polar surface area (TPSA) is 17.4 Å². The summed E-state index contributed by atoms with van der Waals surface area (Å²) in [5, 5.41) is 1.30. The number of thioether (sulfide) groups is 1. The van der Waals surface area contributed by atoms with Gasteiger partial charge in [0.05, 0.1) is 12.1 Å². The highest BCUT2D eigenvalue weighted by Crippen LogP contribution is 2.33. The van der Waals surface area contributed by atoms with Crippen molar-refractivity contribution in [2.75, 3.05) is 31.1 Å². The second-order valence-corrected chi connectivity index (χ2v) is 6.97. The first kappa shape index (κ1) is 12.6. The van der Waals surface area contributed by atoms with Crippen molar-refractivity contribution in [1.82, 2.24) is 9.47 Å². The minimum atomic E-state index is 0.280. The van der Waals surface area contributed by atoms with E-state index in [4.69, 9.17) is 4.74 Å². The number of hydrogen-bond donors (Lipinski definition) is 0. The molecule has 1 atom stereocenters. The molecule has 1 saturated heterocycles. The molecule has 3 nitrogen and oxygen atoms in total. The van der Waals surface area contributed by atoms with Gasteiger partial charge in [-0.2, -0.15) is 11.8 Å². The van der Waals surface area contributed by atoms with Gasteiger partial charge in [0.15, 0.2) is 0 Å². The second-order valence-electron chi connectivity index (χ2n) is 5.74. The van der Waals surface area contributed by atoms with Gasteiger partial charge in [0, 0.05) is 42.2 Å². The summed E-state index contributed by atoms with van der Waals surface area (Å²) in [6.45, 7) is 6.63. The monoisotopic (exact) mass is 288 g/mol. The lowest BCUT2D eigenvalue weighted by Crippen LogP contribution is -2.43. The highest BCUT2D eigenvalue weighted by Gasteiger charge is 2.25. The molecule has 4 rings (SSSR count). The van der Waals surface area contributed by atoms with Crippen LogP contribution in [0.25, 0.3) is 10.9 Å². The fourth-order valence-electron chi connectivity index (χ4n) is 3.34. The quantitative estimate of drug-likeness (QED) is 0.846. The van der Waals surface area contributed by atoms with Crippen molar-refractivity contribution >= 4 is 22.7 Å². The third-order valence-corrected chi connectivity index (χ3v) is 5.28. The molecule has 0 amide bonds. The Morgan fingerprint density at radius 1 is 1.30 bits per heavy atom. The Kier molecular flexibility index (Phi) is 3.15. The molecule has 0 aliphatic carbocycles. The van der Waals surface area contributed by atoms with Crippen LogP contribution >= 0.6 is 11.8 Å². The number of ether oxygens (including phenoxy) is 1. The van der Waals surface area contributed by atoms with Crippen LogP contribution in [0.3, 0.4) is 0 Å². The van der Waals surface area contributed by atoms with Gasteiger partial charge in [-0.15, -0.1) is 0 Å². The van der Waals surface area contributed by atoms with Crippen LogP contribution in [0.1, 0.15) is 5.69 Å². The number of aryl methyl sites for hydroxylation is 1. The van der Waals surface area contributed by atoms with Crippen LogP contribution in [0.5, 0.6) is 5.75 Å². The Bertz CT molecular complexity index is 631. The molecule has 1 aromatic heterocycles. The maximum absolute atomic E-state index is 6.25. The minimum Gasteiger partial charge on any atom is -0.485 e. The molecule has 106 valence electrons. The summed E-state index contributed by atoms with van der Waals surface area (Å²) < 4.78 is 8.68. The van der Waals surface area contributed by atoms with Crippen molar-refractivity contribution in [2.24, 2.45) is 0 Å². The molecule has 0 spiro atoms. The van der Waals surface area contributed by atoms with Gasteiger partial charge in [-0.25, -0.2) is 0 Å². The molecule has 2 aliphatic heterocycles. The van der Waals surface area contributed by atoms with Gasteiger partial charge in [-0.05, 0) is 19.1 Å². The van der Waals surface area contributed by atoms with Crippen LogP contribution < -0.4 is 4.74 Å². The molecule has 0 saturated carbocycles. The van der Waals surface area contributed by atoms with Crippen LogP contribution in [0.2, 0.25) is 0 Å². The van der Waals surface area contributed by atoms with Crippen LogP contribution in [0.4, 0.5) is 0 Å². The maximum Gasteiger partial charge on any atom is 0.144 e. The standard InChI is InChI=1S/C16H20N2OS/c1-12-9-13-3-2-4-15-16(13)18(12)11-14(19-15)10-17-5-7-20-8-6-17/h2-4,9,14H,5-8,10-11H2,1H3. The van der Waals surface area contributed by atoms with E-state index in [1.165, 1.54) is 41.2 Å². The zero-order chi connectivity index (χ0) is 13.5. The molecular formula is C16H20N2OS. The van der Waals surface area contributed by atoms with E-state index >= 15 is 0 Å². The Labute approximate surface area is 123 Å². The zero-order valence-corrected chi connectivity index (χ0v) is 12.7. The SMILES string of the molecule is Cc1cc2cccc3c2n1CC(CN1CCSCC1)O3. The molecule has 0 radical (unpaired) electrons. The molecule has 4 heteroatoms. The average Bonchev–Trinajstić information content (AvgIpc) is 2.78. The summed E-state index contributed by atoms with van der Waals surface area (Å²) in [5.74, 6) is 3.57. The van der Waals surface area contributed by atoms with Gasteiger partial charge in [-0.3, -0.25) is 4.90 Å². The predicted octanol–water partition coefficient (Wildman–Crippen LogP) is 2.76. The highest BCUT2D eigenvalue weighted by molar-refractivity contribution is 7.99. The molecule has 0 bridgehead atoms. The highest BCUT2D eigenvalue weighted by atomic mass is 32.2. The zero-order valence-electron chi connectivity index (χ0n) is 11.8. The smallest absolute Gasteiger partial charge is 0.144 e. The largest absolute Gasteiger partial charge is 0.485 e. The van der Waals surface area contributed by atoms with E-state index in [9.17, 15) is 0 Å². The number of benzene rings is 1. The molecule has 1 fully saturated rings. The van der Waals surface area contributed by atoms with E-state index in [1.54, 1.807) is 0 Å². The summed E-state index contributed by atoms with van der Waals surface area (Å²) >= 11 is 2.06. The van der Waals surface area contributed by atoms with Crippen molar-refractivity contribution in [2.45, 2.75) is 19.6 Å². The number of para-hydroxylation sites is 1. The fourth-order valence-corrected chi connectivity index (χ4v) is 4.32. The molecule has 2 aromatic rings. The Morgan fingerprint density at radius 2 is 2.15 bits per heavy atom. The van der Waals surface area contributed by atoms with Crippen molar-refractivity contribution in [1.29, 1.82) is 0 Å². The lowest BCUT2D eigenvalue weighted by atomic mass is 10.2. The van der Waals surface area contributed by atoms with E-state index < -0.39 is 0 Å². The molecule has 20 heavy (non-hydrogen) atoms. The van der Waals surface area contributed by atoms with Gasteiger partial charge in [0.25, 0.3) is 0 Å². The number of aromatic nitrogens is 1. The van der Waals surface area contributed by atoms with E-state index in [2.05, 4.69) is 52.4 Å². The van der Waals surface area contributed by atoms with Gasteiger partial charge < -0.3 is 9.30 Å². The average molecular weight is 288 g/mol. The normalized spacial score (nSPS) is 22.9.